The molecule has 0 aliphatic carbocycles. The zero-order chi connectivity index (χ0) is 17.4. The van der Waals surface area contributed by atoms with Gasteiger partial charge in [0.2, 0.25) is 0 Å². The number of thiophene rings is 2. The minimum absolute atomic E-state index is 0.892. The summed E-state index contributed by atoms with van der Waals surface area (Å²) in [6.07, 6.45) is 1.04. The molecule has 2 aromatic carbocycles. The first-order valence-electron chi connectivity index (χ1n) is 8.15. The molecular formula is C21H17BrOS2. The maximum absolute atomic E-state index is 5.27. The van der Waals surface area contributed by atoms with Crippen LogP contribution in [0.2, 0.25) is 0 Å². The Balaban J connectivity index is 1.84. The van der Waals surface area contributed by atoms with E-state index < -0.39 is 0 Å². The lowest BCUT2D eigenvalue weighted by atomic mass is 10.1. The Morgan fingerprint density at radius 2 is 1.76 bits per heavy atom. The molecule has 0 bridgehead atoms. The van der Waals surface area contributed by atoms with Gasteiger partial charge in [0.25, 0.3) is 0 Å². The second-order valence-electron chi connectivity index (χ2n) is 5.77. The molecule has 1 nitrogen and oxygen atoms in total. The van der Waals surface area contributed by atoms with Crippen LogP contribution in [0.5, 0.6) is 5.75 Å². The van der Waals surface area contributed by atoms with E-state index in [1.54, 1.807) is 7.11 Å². The Morgan fingerprint density at radius 3 is 2.44 bits per heavy atom. The summed E-state index contributed by atoms with van der Waals surface area (Å²) in [4.78, 5) is 4.06. The third kappa shape index (κ3) is 3.03. The maximum atomic E-state index is 5.27. The van der Waals surface area contributed by atoms with Crippen molar-refractivity contribution >= 4 is 48.7 Å². The van der Waals surface area contributed by atoms with Crippen molar-refractivity contribution in [3.8, 4) is 26.6 Å². The quantitative estimate of drug-likeness (QED) is 0.324. The van der Waals surface area contributed by atoms with Crippen molar-refractivity contribution in [1.29, 1.82) is 0 Å². The summed E-state index contributed by atoms with van der Waals surface area (Å²) in [6, 6.07) is 19.2. The molecule has 0 spiro atoms. The molecule has 0 atom stereocenters. The van der Waals surface area contributed by atoms with Gasteiger partial charge in [-0.1, -0.05) is 25.1 Å². The summed E-state index contributed by atoms with van der Waals surface area (Å²) < 4.78 is 7.81. The van der Waals surface area contributed by atoms with Crippen molar-refractivity contribution in [2.24, 2.45) is 0 Å². The smallest absolute Gasteiger partial charge is 0.118 e. The molecule has 126 valence electrons. The highest BCUT2D eigenvalue weighted by molar-refractivity contribution is 9.10. The fraction of sp³-hybridized carbons (Fsp3) is 0.143. The number of rotatable bonds is 4. The van der Waals surface area contributed by atoms with Crippen LogP contribution in [0, 0.1) is 0 Å². The van der Waals surface area contributed by atoms with E-state index in [-0.39, 0.29) is 0 Å². The second-order valence-corrected chi connectivity index (χ2v) is 8.75. The number of aryl methyl sites for hydroxylation is 1. The van der Waals surface area contributed by atoms with E-state index in [2.05, 4.69) is 65.3 Å². The minimum Gasteiger partial charge on any atom is -0.497 e. The zero-order valence-electron chi connectivity index (χ0n) is 14.0. The predicted molar refractivity (Wildman–Crippen MR) is 114 cm³/mol. The monoisotopic (exact) mass is 428 g/mol. The highest BCUT2D eigenvalue weighted by atomic mass is 79.9. The lowest BCUT2D eigenvalue weighted by Crippen LogP contribution is -1.81. The van der Waals surface area contributed by atoms with Crippen molar-refractivity contribution in [1.82, 2.24) is 0 Å². The Kier molecular flexibility index (Phi) is 4.67. The van der Waals surface area contributed by atoms with Crippen molar-refractivity contribution in [2.75, 3.05) is 7.11 Å². The molecule has 4 aromatic rings. The van der Waals surface area contributed by atoms with Crippen molar-refractivity contribution in [2.45, 2.75) is 13.3 Å². The highest BCUT2D eigenvalue weighted by Crippen LogP contribution is 2.47. The van der Waals surface area contributed by atoms with Gasteiger partial charge in [-0.3, -0.25) is 0 Å². The number of hydrogen-bond donors (Lipinski definition) is 0. The SMILES string of the molecule is CCc1sc(-c2ccc(OC)cc2)cc1-c1sc2ccccc2c1Br. The van der Waals surface area contributed by atoms with Crippen LogP contribution >= 0.6 is 38.6 Å². The van der Waals surface area contributed by atoms with Crippen LogP contribution in [0.3, 0.4) is 0 Å². The fourth-order valence-corrected chi connectivity index (χ4v) is 6.22. The van der Waals surface area contributed by atoms with Gasteiger partial charge in [0.1, 0.15) is 5.75 Å². The number of ether oxygens (including phenoxy) is 1. The molecule has 0 unspecified atom stereocenters. The fourth-order valence-electron chi connectivity index (χ4n) is 2.97. The number of fused-ring (bicyclic) bond motifs is 1. The average molecular weight is 429 g/mol. The van der Waals surface area contributed by atoms with E-state index in [1.807, 2.05) is 34.8 Å². The van der Waals surface area contributed by atoms with Crippen LogP contribution in [-0.4, -0.2) is 7.11 Å². The number of halogens is 1. The van der Waals surface area contributed by atoms with Gasteiger partial charge in [0.05, 0.1) is 12.0 Å². The molecule has 25 heavy (non-hydrogen) atoms. The van der Waals surface area contributed by atoms with Crippen LogP contribution in [0.15, 0.2) is 59.1 Å². The summed E-state index contributed by atoms with van der Waals surface area (Å²) in [7, 11) is 1.70. The largest absolute Gasteiger partial charge is 0.497 e. The molecule has 0 saturated carbocycles. The molecule has 0 aliphatic heterocycles. The Morgan fingerprint density at radius 1 is 1.00 bits per heavy atom. The van der Waals surface area contributed by atoms with Gasteiger partial charge in [0.15, 0.2) is 0 Å². The van der Waals surface area contributed by atoms with Gasteiger partial charge in [-0.05, 0) is 64.3 Å². The molecule has 4 heteroatoms. The second kappa shape index (κ2) is 6.94. The van der Waals surface area contributed by atoms with Crippen LogP contribution in [0.1, 0.15) is 11.8 Å². The van der Waals surface area contributed by atoms with Crippen molar-refractivity contribution in [3.05, 3.63) is 63.9 Å². The van der Waals surface area contributed by atoms with Crippen molar-refractivity contribution in [3.63, 3.8) is 0 Å². The molecular weight excluding hydrogens is 412 g/mol. The highest BCUT2D eigenvalue weighted by Gasteiger charge is 2.17. The number of benzene rings is 2. The topological polar surface area (TPSA) is 9.23 Å². The molecule has 0 amide bonds. The molecule has 0 radical (unpaired) electrons. The van der Waals surface area contributed by atoms with Crippen LogP contribution < -0.4 is 4.74 Å². The lowest BCUT2D eigenvalue weighted by molar-refractivity contribution is 0.415. The molecule has 0 N–H and O–H groups in total. The molecule has 2 aromatic heterocycles. The predicted octanol–water partition coefficient (Wildman–Crippen LogP) is 7.63. The minimum atomic E-state index is 0.892. The van der Waals surface area contributed by atoms with E-state index in [9.17, 15) is 0 Å². The maximum Gasteiger partial charge on any atom is 0.118 e. The lowest BCUT2D eigenvalue weighted by Gasteiger charge is -2.00. The Hall–Kier alpha value is -1.62. The average Bonchev–Trinajstić information content (AvgIpc) is 3.23. The summed E-state index contributed by atoms with van der Waals surface area (Å²) in [6.45, 7) is 2.23. The first-order valence-corrected chi connectivity index (χ1v) is 10.6. The zero-order valence-corrected chi connectivity index (χ0v) is 17.2. The van der Waals surface area contributed by atoms with E-state index in [1.165, 1.54) is 40.3 Å². The van der Waals surface area contributed by atoms with Gasteiger partial charge < -0.3 is 4.74 Å². The standard InChI is InChI=1S/C21H17BrOS2/c1-3-17-16(21-20(22)15-6-4-5-7-18(15)25-21)12-19(24-17)13-8-10-14(23-2)11-9-13/h4-12H,3H2,1-2H3. The van der Waals surface area contributed by atoms with Gasteiger partial charge in [0, 0.05) is 29.9 Å². The summed E-state index contributed by atoms with van der Waals surface area (Å²) in [5.74, 6) is 0.892. The van der Waals surface area contributed by atoms with E-state index in [0.29, 0.717) is 0 Å². The third-order valence-electron chi connectivity index (χ3n) is 4.28. The molecule has 2 heterocycles. The number of methoxy groups -OCH3 is 1. The molecule has 0 aliphatic rings. The van der Waals surface area contributed by atoms with Gasteiger partial charge in [-0.25, -0.2) is 0 Å². The number of hydrogen-bond acceptors (Lipinski definition) is 3. The molecule has 0 fully saturated rings. The Bertz CT molecular complexity index is 1030. The van der Waals surface area contributed by atoms with Gasteiger partial charge in [-0.15, -0.1) is 22.7 Å². The van der Waals surface area contributed by atoms with Crippen LogP contribution in [0.4, 0.5) is 0 Å². The third-order valence-corrected chi connectivity index (χ3v) is 7.90. The summed E-state index contributed by atoms with van der Waals surface area (Å²) >= 11 is 7.58. The molecule has 0 saturated heterocycles. The first-order chi connectivity index (χ1) is 12.2. The van der Waals surface area contributed by atoms with E-state index in [4.69, 9.17) is 4.74 Å². The first kappa shape index (κ1) is 16.8. The van der Waals surface area contributed by atoms with Crippen molar-refractivity contribution < 1.29 is 4.74 Å². The Labute approximate surface area is 164 Å². The van der Waals surface area contributed by atoms with E-state index >= 15 is 0 Å². The molecule has 4 rings (SSSR count). The van der Waals surface area contributed by atoms with E-state index in [0.717, 1.165) is 12.2 Å². The summed E-state index contributed by atoms with van der Waals surface area (Å²) in [5, 5.41) is 1.29. The summed E-state index contributed by atoms with van der Waals surface area (Å²) in [5.41, 5.74) is 2.59. The van der Waals surface area contributed by atoms with Gasteiger partial charge in [-0.2, -0.15) is 0 Å². The van der Waals surface area contributed by atoms with Crippen LogP contribution in [-0.2, 0) is 6.42 Å². The van der Waals surface area contributed by atoms with Crippen LogP contribution in [0.25, 0.3) is 31.0 Å². The van der Waals surface area contributed by atoms with Gasteiger partial charge >= 0.3 is 0 Å². The normalized spacial score (nSPS) is 11.2.